The molecule has 3 aromatic rings. The second kappa shape index (κ2) is 5.01. The van der Waals surface area contributed by atoms with Crippen LogP contribution in [0.2, 0.25) is 5.28 Å². The Bertz CT molecular complexity index is 753. The van der Waals surface area contributed by atoms with Crippen molar-refractivity contribution in [3.8, 4) is 0 Å². The van der Waals surface area contributed by atoms with E-state index in [4.69, 9.17) is 11.6 Å². The summed E-state index contributed by atoms with van der Waals surface area (Å²) >= 11 is 5.76. The van der Waals surface area contributed by atoms with E-state index in [0.717, 1.165) is 0 Å². The number of anilines is 1. The van der Waals surface area contributed by atoms with Crippen molar-refractivity contribution >= 4 is 28.6 Å². The Morgan fingerprint density at radius 1 is 1.20 bits per heavy atom. The monoisotopic (exact) mass is 295 g/mol. The van der Waals surface area contributed by atoms with E-state index in [0.29, 0.717) is 17.0 Å². The van der Waals surface area contributed by atoms with Crippen LogP contribution in [-0.2, 0) is 6.54 Å². The summed E-state index contributed by atoms with van der Waals surface area (Å²) in [4.78, 5) is 14.7. The molecule has 0 saturated carbocycles. The van der Waals surface area contributed by atoms with E-state index in [9.17, 15) is 8.78 Å². The number of benzene rings is 1. The average Bonchev–Trinajstić information content (AvgIpc) is 2.86. The molecule has 0 bridgehead atoms. The molecule has 8 heteroatoms. The average molecular weight is 296 g/mol. The summed E-state index contributed by atoms with van der Waals surface area (Å²) in [6, 6.07) is 3.69. The fraction of sp³-hybridized carbons (Fsp3) is 0.0833. The highest BCUT2D eigenvalue weighted by Gasteiger charge is 2.12. The zero-order chi connectivity index (χ0) is 14.1. The van der Waals surface area contributed by atoms with Gasteiger partial charge in [-0.15, -0.1) is 0 Å². The van der Waals surface area contributed by atoms with Gasteiger partial charge in [0.25, 0.3) is 0 Å². The fourth-order valence-electron chi connectivity index (χ4n) is 1.81. The molecule has 2 N–H and O–H groups in total. The van der Waals surface area contributed by atoms with Crippen LogP contribution in [0.1, 0.15) is 5.56 Å². The van der Waals surface area contributed by atoms with Crippen molar-refractivity contribution in [3.05, 3.63) is 47.0 Å². The summed E-state index contributed by atoms with van der Waals surface area (Å²) < 4.78 is 27.1. The van der Waals surface area contributed by atoms with Crippen LogP contribution in [0.3, 0.4) is 0 Å². The third kappa shape index (κ3) is 2.27. The molecule has 2 heterocycles. The van der Waals surface area contributed by atoms with E-state index in [2.05, 4.69) is 25.3 Å². The third-order valence-corrected chi connectivity index (χ3v) is 2.92. The Kier molecular flexibility index (Phi) is 3.19. The maximum Gasteiger partial charge on any atom is 0.226 e. The van der Waals surface area contributed by atoms with Gasteiger partial charge in [0.1, 0.15) is 17.2 Å². The second-order valence-electron chi connectivity index (χ2n) is 4.00. The lowest BCUT2D eigenvalue weighted by Crippen LogP contribution is -2.07. The number of hydrogen-bond acceptors (Lipinski definition) is 4. The number of hydrogen-bond donors (Lipinski definition) is 2. The van der Waals surface area contributed by atoms with Crippen LogP contribution in [0.15, 0.2) is 24.5 Å². The predicted molar refractivity (Wildman–Crippen MR) is 70.4 cm³/mol. The molecule has 0 spiro atoms. The molecule has 102 valence electrons. The lowest BCUT2D eigenvalue weighted by molar-refractivity contribution is 0.560. The summed E-state index contributed by atoms with van der Waals surface area (Å²) in [5.41, 5.74) is 0.822. The summed E-state index contributed by atoms with van der Waals surface area (Å²) in [5, 5.41) is 2.83. The normalized spacial score (nSPS) is 10.9. The third-order valence-electron chi connectivity index (χ3n) is 2.75. The van der Waals surface area contributed by atoms with Gasteiger partial charge in [-0.1, -0.05) is 6.07 Å². The van der Waals surface area contributed by atoms with E-state index in [-0.39, 0.29) is 17.4 Å². The number of aromatic amines is 1. The van der Waals surface area contributed by atoms with E-state index in [1.165, 1.54) is 24.5 Å². The van der Waals surface area contributed by atoms with Gasteiger partial charge in [0.15, 0.2) is 11.5 Å². The lowest BCUT2D eigenvalue weighted by atomic mass is 10.2. The van der Waals surface area contributed by atoms with Gasteiger partial charge in [0.2, 0.25) is 5.28 Å². The van der Waals surface area contributed by atoms with Crippen molar-refractivity contribution in [2.75, 3.05) is 5.32 Å². The van der Waals surface area contributed by atoms with Gasteiger partial charge >= 0.3 is 0 Å². The van der Waals surface area contributed by atoms with E-state index in [1.54, 1.807) is 0 Å². The van der Waals surface area contributed by atoms with Gasteiger partial charge in [-0.3, -0.25) is 0 Å². The van der Waals surface area contributed by atoms with Crippen LogP contribution < -0.4 is 5.32 Å². The zero-order valence-electron chi connectivity index (χ0n) is 9.99. The molecule has 0 atom stereocenters. The van der Waals surface area contributed by atoms with Crippen molar-refractivity contribution in [1.82, 2.24) is 19.9 Å². The first kappa shape index (κ1) is 12.7. The second-order valence-corrected chi connectivity index (χ2v) is 4.33. The van der Waals surface area contributed by atoms with Crippen LogP contribution in [0, 0.1) is 11.6 Å². The van der Waals surface area contributed by atoms with Crippen molar-refractivity contribution in [1.29, 1.82) is 0 Å². The molecule has 5 nitrogen and oxygen atoms in total. The Morgan fingerprint density at radius 3 is 2.70 bits per heavy atom. The van der Waals surface area contributed by atoms with Crippen LogP contribution in [0.4, 0.5) is 14.6 Å². The summed E-state index contributed by atoms with van der Waals surface area (Å²) in [6.07, 6.45) is 1.44. The molecule has 0 radical (unpaired) electrons. The molecule has 0 unspecified atom stereocenters. The minimum Gasteiger partial charge on any atom is -0.364 e. The molecule has 20 heavy (non-hydrogen) atoms. The highest BCUT2D eigenvalue weighted by Crippen LogP contribution is 2.20. The largest absolute Gasteiger partial charge is 0.364 e. The maximum atomic E-state index is 13.5. The highest BCUT2D eigenvalue weighted by atomic mass is 35.5. The van der Waals surface area contributed by atoms with Gasteiger partial charge in [-0.25, -0.2) is 13.8 Å². The summed E-state index contributed by atoms with van der Waals surface area (Å²) in [5.74, 6) is -0.919. The van der Waals surface area contributed by atoms with Crippen LogP contribution >= 0.6 is 11.6 Å². The number of rotatable bonds is 3. The quantitative estimate of drug-likeness (QED) is 0.729. The van der Waals surface area contributed by atoms with Crippen LogP contribution in [-0.4, -0.2) is 19.9 Å². The van der Waals surface area contributed by atoms with Crippen molar-refractivity contribution in [2.45, 2.75) is 6.54 Å². The maximum absolute atomic E-state index is 13.5. The minimum absolute atomic E-state index is 0.00102. The van der Waals surface area contributed by atoms with Crippen molar-refractivity contribution < 1.29 is 8.78 Å². The van der Waals surface area contributed by atoms with Gasteiger partial charge in [0.05, 0.1) is 6.33 Å². The Balaban J connectivity index is 1.92. The Hall–Kier alpha value is -2.28. The first-order valence-electron chi connectivity index (χ1n) is 5.68. The zero-order valence-corrected chi connectivity index (χ0v) is 10.7. The number of halogens is 3. The molecule has 0 saturated heterocycles. The first-order chi connectivity index (χ1) is 9.65. The molecule has 0 aliphatic carbocycles. The summed E-state index contributed by atoms with van der Waals surface area (Å²) in [6.45, 7) is -0.0695. The van der Waals surface area contributed by atoms with Crippen LogP contribution in [0.5, 0.6) is 0 Å². The van der Waals surface area contributed by atoms with Crippen LogP contribution in [0.25, 0.3) is 11.2 Å². The fourth-order valence-corrected chi connectivity index (χ4v) is 1.97. The van der Waals surface area contributed by atoms with E-state index < -0.39 is 11.6 Å². The molecule has 0 aliphatic heterocycles. The van der Waals surface area contributed by atoms with Gasteiger partial charge in [-0.05, 0) is 23.7 Å². The smallest absolute Gasteiger partial charge is 0.226 e. The number of nitrogens with one attached hydrogen (secondary N) is 2. The molecule has 3 rings (SSSR count). The van der Waals surface area contributed by atoms with E-state index in [1.807, 2.05) is 0 Å². The Morgan fingerprint density at radius 2 is 1.95 bits per heavy atom. The molecule has 0 amide bonds. The van der Waals surface area contributed by atoms with Gasteiger partial charge in [0, 0.05) is 12.1 Å². The summed E-state index contributed by atoms with van der Waals surface area (Å²) in [7, 11) is 0. The first-order valence-corrected chi connectivity index (χ1v) is 6.06. The molecule has 1 aromatic carbocycles. The number of imidazole rings is 1. The standard InChI is InChI=1S/C12H8ClF2N5/c13-12-19-10(9-11(20-12)18-5-17-9)16-4-6-7(14)2-1-3-8(6)15/h1-3,5H,4H2,(H2,16,17,18,19,20). The lowest BCUT2D eigenvalue weighted by Gasteiger charge is -2.08. The molecule has 0 fully saturated rings. The van der Waals surface area contributed by atoms with Gasteiger partial charge < -0.3 is 10.3 Å². The number of nitrogens with zero attached hydrogens (tertiary/aromatic N) is 3. The molecule has 0 aliphatic rings. The van der Waals surface area contributed by atoms with E-state index >= 15 is 0 Å². The highest BCUT2D eigenvalue weighted by molar-refractivity contribution is 6.28. The minimum atomic E-state index is -0.626. The Labute approximate surface area is 117 Å². The van der Waals surface area contributed by atoms with Crippen molar-refractivity contribution in [3.63, 3.8) is 0 Å². The SMILES string of the molecule is Fc1cccc(F)c1CNc1nc(Cl)nc2nc[nH]c12. The predicted octanol–water partition coefficient (Wildman–Crippen LogP) is 2.90. The van der Waals surface area contributed by atoms with Crippen molar-refractivity contribution in [2.24, 2.45) is 0 Å². The topological polar surface area (TPSA) is 66.5 Å². The molecule has 2 aromatic heterocycles. The van der Waals surface area contributed by atoms with Gasteiger partial charge in [-0.2, -0.15) is 9.97 Å². The number of H-pyrrole nitrogens is 1. The number of fused-ring (bicyclic) bond motifs is 1. The molecular weight excluding hydrogens is 288 g/mol. The number of aromatic nitrogens is 4. The molecular formula is C12H8ClF2N5.